The van der Waals surface area contributed by atoms with E-state index in [0.29, 0.717) is 12.6 Å². The van der Waals surface area contributed by atoms with E-state index < -0.39 is 0 Å². The summed E-state index contributed by atoms with van der Waals surface area (Å²) in [5, 5.41) is 6.96. The lowest BCUT2D eigenvalue weighted by molar-refractivity contribution is 0.648. The minimum Gasteiger partial charge on any atom is -0.369 e. The minimum absolute atomic E-state index is 0.407. The molecular weight excluding hydrogens is 348 g/mol. The normalized spacial score (nSPS) is 17.2. The highest BCUT2D eigenvalue weighted by Crippen LogP contribution is 2.19. The van der Waals surface area contributed by atoms with Gasteiger partial charge in [-0.25, -0.2) is 4.98 Å². The Morgan fingerprint density at radius 3 is 2.82 bits per heavy atom. The van der Waals surface area contributed by atoms with E-state index in [0.717, 1.165) is 55.3 Å². The summed E-state index contributed by atoms with van der Waals surface area (Å²) in [6.07, 6.45) is 1.91. The van der Waals surface area contributed by atoms with Gasteiger partial charge in [-0.15, -0.1) is 0 Å². The van der Waals surface area contributed by atoms with Crippen molar-refractivity contribution >= 4 is 22.7 Å². The lowest BCUT2D eigenvalue weighted by Gasteiger charge is -2.20. The molecule has 1 fully saturated rings. The number of hydrogen-bond acceptors (Lipinski definition) is 3. The average molecular weight is 377 g/mol. The van der Waals surface area contributed by atoms with Crippen molar-refractivity contribution < 1.29 is 0 Å². The van der Waals surface area contributed by atoms with E-state index in [1.165, 1.54) is 5.69 Å². The molecule has 6 heteroatoms. The van der Waals surface area contributed by atoms with Gasteiger partial charge < -0.3 is 20.5 Å². The minimum atomic E-state index is 0.407. The first-order valence-corrected chi connectivity index (χ1v) is 10.1. The Morgan fingerprint density at radius 2 is 2.00 bits per heavy atom. The SMILES string of the molecule is CCNC(=NCCc1nc2ccccc2[nH]1)NC1CCN(c2ccccc2)C1. The summed E-state index contributed by atoms with van der Waals surface area (Å²) in [4.78, 5) is 15.2. The molecule has 0 saturated carbocycles. The quantitative estimate of drug-likeness (QED) is 0.457. The summed E-state index contributed by atoms with van der Waals surface area (Å²) in [7, 11) is 0. The van der Waals surface area contributed by atoms with E-state index in [-0.39, 0.29) is 0 Å². The molecule has 0 bridgehead atoms. The van der Waals surface area contributed by atoms with Crippen LogP contribution in [-0.2, 0) is 6.42 Å². The first kappa shape index (κ1) is 18.3. The Kier molecular flexibility index (Phi) is 5.75. The van der Waals surface area contributed by atoms with Crippen molar-refractivity contribution in [3.05, 3.63) is 60.4 Å². The van der Waals surface area contributed by atoms with Crippen LogP contribution >= 0.6 is 0 Å². The maximum atomic E-state index is 4.76. The number of nitrogens with zero attached hydrogens (tertiary/aromatic N) is 3. The zero-order valence-corrected chi connectivity index (χ0v) is 16.4. The van der Waals surface area contributed by atoms with E-state index in [1.807, 2.05) is 18.2 Å². The lowest BCUT2D eigenvalue weighted by Crippen LogP contribution is -2.44. The number of hydrogen-bond donors (Lipinski definition) is 3. The average Bonchev–Trinajstić information content (AvgIpc) is 3.35. The number of nitrogens with one attached hydrogen (secondary N) is 3. The van der Waals surface area contributed by atoms with Crippen molar-refractivity contribution in [3.8, 4) is 0 Å². The number of para-hydroxylation sites is 3. The number of aromatic nitrogens is 2. The molecule has 1 aromatic heterocycles. The summed E-state index contributed by atoms with van der Waals surface area (Å²) in [5.74, 6) is 1.87. The maximum Gasteiger partial charge on any atom is 0.191 e. The van der Waals surface area contributed by atoms with Crippen LogP contribution in [0.2, 0.25) is 0 Å². The Hall–Kier alpha value is -3.02. The predicted molar refractivity (Wildman–Crippen MR) is 116 cm³/mol. The third kappa shape index (κ3) is 4.44. The molecule has 1 aliphatic rings. The fourth-order valence-corrected chi connectivity index (χ4v) is 3.66. The van der Waals surface area contributed by atoms with Crippen LogP contribution in [0.15, 0.2) is 59.6 Å². The fraction of sp³-hybridized carbons (Fsp3) is 0.364. The van der Waals surface area contributed by atoms with Crippen molar-refractivity contribution in [1.29, 1.82) is 0 Å². The highest BCUT2D eigenvalue weighted by atomic mass is 15.2. The zero-order chi connectivity index (χ0) is 19.2. The van der Waals surface area contributed by atoms with Crippen LogP contribution in [0.4, 0.5) is 5.69 Å². The van der Waals surface area contributed by atoms with Crippen molar-refractivity contribution in [2.75, 3.05) is 31.1 Å². The van der Waals surface area contributed by atoms with Gasteiger partial charge in [0.2, 0.25) is 0 Å². The molecule has 3 N–H and O–H groups in total. The standard InChI is InChI=1S/C22H28N6/c1-2-23-22(24-14-12-21-26-19-10-6-7-11-20(19)27-21)25-17-13-15-28(16-17)18-8-4-3-5-9-18/h3-11,17H,2,12-16H2,1H3,(H,26,27)(H2,23,24,25). The van der Waals surface area contributed by atoms with Gasteiger partial charge in [0.25, 0.3) is 0 Å². The number of imidazole rings is 1. The van der Waals surface area contributed by atoms with Gasteiger partial charge >= 0.3 is 0 Å². The Balaban J connectivity index is 1.33. The number of fused-ring (bicyclic) bond motifs is 1. The molecule has 4 rings (SSSR count). The van der Waals surface area contributed by atoms with Crippen LogP contribution in [0.1, 0.15) is 19.2 Å². The topological polar surface area (TPSA) is 68.3 Å². The Morgan fingerprint density at radius 1 is 1.18 bits per heavy atom. The lowest BCUT2D eigenvalue weighted by atomic mass is 10.3. The van der Waals surface area contributed by atoms with Gasteiger partial charge in [0.05, 0.1) is 11.0 Å². The second-order valence-electron chi connectivity index (χ2n) is 7.12. The van der Waals surface area contributed by atoms with Gasteiger partial charge in [-0.2, -0.15) is 0 Å². The first-order valence-electron chi connectivity index (χ1n) is 10.1. The van der Waals surface area contributed by atoms with Crippen LogP contribution in [-0.4, -0.2) is 48.1 Å². The Labute approximate surface area is 166 Å². The summed E-state index contributed by atoms with van der Waals surface area (Å²) >= 11 is 0. The number of anilines is 1. The van der Waals surface area contributed by atoms with Gasteiger partial charge in [0.15, 0.2) is 5.96 Å². The molecule has 6 nitrogen and oxygen atoms in total. The summed E-state index contributed by atoms with van der Waals surface area (Å²) in [6.45, 7) is 5.72. The molecule has 0 aliphatic carbocycles. The molecular formula is C22H28N6. The van der Waals surface area contributed by atoms with E-state index in [1.54, 1.807) is 0 Å². The van der Waals surface area contributed by atoms with Crippen LogP contribution < -0.4 is 15.5 Å². The van der Waals surface area contributed by atoms with Gasteiger partial charge in [0, 0.05) is 44.3 Å². The molecule has 1 unspecified atom stereocenters. The van der Waals surface area contributed by atoms with Gasteiger partial charge in [0.1, 0.15) is 5.82 Å². The van der Waals surface area contributed by atoms with Gasteiger partial charge in [-0.3, -0.25) is 4.99 Å². The molecule has 1 aliphatic heterocycles. The fourth-order valence-electron chi connectivity index (χ4n) is 3.66. The third-order valence-corrected chi connectivity index (χ3v) is 5.05. The largest absolute Gasteiger partial charge is 0.369 e. The molecule has 146 valence electrons. The van der Waals surface area contributed by atoms with Crippen molar-refractivity contribution in [2.45, 2.75) is 25.8 Å². The summed E-state index contributed by atoms with van der Waals surface area (Å²) < 4.78 is 0. The van der Waals surface area contributed by atoms with Crippen LogP contribution in [0.3, 0.4) is 0 Å². The second-order valence-corrected chi connectivity index (χ2v) is 7.12. The number of aromatic amines is 1. The number of H-pyrrole nitrogens is 1. The third-order valence-electron chi connectivity index (χ3n) is 5.05. The van der Waals surface area contributed by atoms with Crippen LogP contribution in [0.25, 0.3) is 11.0 Å². The molecule has 2 heterocycles. The molecule has 28 heavy (non-hydrogen) atoms. The highest BCUT2D eigenvalue weighted by molar-refractivity contribution is 5.80. The number of guanidine groups is 1. The zero-order valence-electron chi connectivity index (χ0n) is 16.4. The van der Waals surface area contributed by atoms with E-state index in [4.69, 9.17) is 4.99 Å². The van der Waals surface area contributed by atoms with E-state index in [2.05, 4.69) is 68.8 Å². The smallest absolute Gasteiger partial charge is 0.191 e. The first-order chi connectivity index (χ1) is 13.8. The molecule has 3 aromatic rings. The highest BCUT2D eigenvalue weighted by Gasteiger charge is 2.23. The number of rotatable bonds is 6. The van der Waals surface area contributed by atoms with E-state index in [9.17, 15) is 0 Å². The van der Waals surface area contributed by atoms with Crippen LogP contribution in [0.5, 0.6) is 0 Å². The number of benzene rings is 2. The monoisotopic (exact) mass is 376 g/mol. The van der Waals surface area contributed by atoms with Crippen molar-refractivity contribution in [3.63, 3.8) is 0 Å². The van der Waals surface area contributed by atoms with Gasteiger partial charge in [-0.1, -0.05) is 30.3 Å². The molecule has 0 spiro atoms. The predicted octanol–water partition coefficient (Wildman–Crippen LogP) is 2.94. The van der Waals surface area contributed by atoms with E-state index >= 15 is 0 Å². The second kappa shape index (κ2) is 8.78. The molecule has 1 saturated heterocycles. The molecule has 0 radical (unpaired) electrons. The molecule has 1 atom stereocenters. The number of aliphatic imine (C=N–C) groups is 1. The van der Waals surface area contributed by atoms with Gasteiger partial charge in [-0.05, 0) is 37.6 Å². The maximum absolute atomic E-state index is 4.76. The molecule has 2 aromatic carbocycles. The van der Waals surface area contributed by atoms with Crippen LogP contribution in [0, 0.1) is 0 Å². The summed E-state index contributed by atoms with van der Waals surface area (Å²) in [6, 6.07) is 19.1. The molecule has 0 amide bonds. The van der Waals surface area contributed by atoms with Crippen molar-refractivity contribution in [1.82, 2.24) is 20.6 Å². The summed E-state index contributed by atoms with van der Waals surface area (Å²) in [5.41, 5.74) is 3.38. The van der Waals surface area contributed by atoms with Crippen molar-refractivity contribution in [2.24, 2.45) is 4.99 Å². The Bertz CT molecular complexity index is 884.